The Balaban J connectivity index is 2.13. The third kappa shape index (κ3) is 2.77. The maximum atomic E-state index is 5.83. The van der Waals surface area contributed by atoms with Gasteiger partial charge in [-0.15, -0.1) is 0 Å². The molecule has 1 atom stereocenters. The second kappa shape index (κ2) is 5.60. The number of anilines is 1. The van der Waals surface area contributed by atoms with Crippen molar-refractivity contribution in [3.05, 3.63) is 17.6 Å². The predicted octanol–water partition coefficient (Wildman–Crippen LogP) is 0.299. The van der Waals surface area contributed by atoms with E-state index in [1.54, 1.807) is 6.20 Å². The van der Waals surface area contributed by atoms with Crippen LogP contribution in [0.2, 0.25) is 0 Å². The van der Waals surface area contributed by atoms with Gasteiger partial charge in [-0.05, 0) is 13.8 Å². The maximum Gasteiger partial charge on any atom is 0.160 e. The van der Waals surface area contributed by atoms with Gasteiger partial charge in [-0.1, -0.05) is 0 Å². The molecular formula is C12H21N5O. The molecule has 1 aliphatic rings. The molecule has 100 valence electrons. The Labute approximate surface area is 107 Å². The molecule has 0 spiro atoms. The zero-order valence-corrected chi connectivity index (χ0v) is 11.0. The van der Waals surface area contributed by atoms with E-state index in [2.05, 4.69) is 28.7 Å². The zero-order valence-electron chi connectivity index (χ0n) is 11.0. The second-order valence-electron chi connectivity index (χ2n) is 4.79. The predicted molar refractivity (Wildman–Crippen MR) is 69.7 cm³/mol. The summed E-state index contributed by atoms with van der Waals surface area (Å²) >= 11 is 0. The molecule has 1 saturated heterocycles. The van der Waals surface area contributed by atoms with Crippen molar-refractivity contribution in [2.24, 2.45) is 5.73 Å². The first-order chi connectivity index (χ1) is 8.61. The molecule has 0 radical (unpaired) electrons. The van der Waals surface area contributed by atoms with E-state index in [1.807, 2.05) is 0 Å². The lowest BCUT2D eigenvalue weighted by Gasteiger charge is -2.34. The molecule has 0 saturated carbocycles. The van der Waals surface area contributed by atoms with Crippen LogP contribution >= 0.6 is 0 Å². The summed E-state index contributed by atoms with van der Waals surface area (Å²) in [6.07, 6.45) is 1.59. The molecule has 0 aliphatic carbocycles. The van der Waals surface area contributed by atoms with Crippen molar-refractivity contribution < 1.29 is 4.74 Å². The summed E-state index contributed by atoms with van der Waals surface area (Å²) in [6.45, 7) is 7.16. The molecule has 6 heteroatoms. The van der Waals surface area contributed by atoms with Crippen LogP contribution in [0.15, 0.2) is 6.20 Å². The average Bonchev–Trinajstić information content (AvgIpc) is 2.38. The molecule has 2 heterocycles. The SMILES string of the molecule is CC(C)N1CCOC(c2ncc(CN)c(N)n2)C1. The van der Waals surface area contributed by atoms with E-state index in [1.165, 1.54) is 0 Å². The van der Waals surface area contributed by atoms with E-state index < -0.39 is 0 Å². The van der Waals surface area contributed by atoms with Crippen molar-refractivity contribution in [1.29, 1.82) is 0 Å². The van der Waals surface area contributed by atoms with E-state index in [0.717, 1.165) is 18.7 Å². The highest BCUT2D eigenvalue weighted by Gasteiger charge is 2.25. The first kappa shape index (κ1) is 13.2. The van der Waals surface area contributed by atoms with Crippen molar-refractivity contribution in [2.45, 2.75) is 32.5 Å². The number of aromatic nitrogens is 2. The summed E-state index contributed by atoms with van der Waals surface area (Å²) in [5.41, 5.74) is 12.1. The summed E-state index contributed by atoms with van der Waals surface area (Å²) in [4.78, 5) is 11.0. The van der Waals surface area contributed by atoms with Crippen LogP contribution in [0.1, 0.15) is 31.3 Å². The molecule has 6 nitrogen and oxygen atoms in total. The van der Waals surface area contributed by atoms with E-state index >= 15 is 0 Å². The Morgan fingerprint density at radius 2 is 2.33 bits per heavy atom. The highest BCUT2D eigenvalue weighted by Crippen LogP contribution is 2.21. The van der Waals surface area contributed by atoms with E-state index in [4.69, 9.17) is 16.2 Å². The Morgan fingerprint density at radius 1 is 1.56 bits per heavy atom. The quantitative estimate of drug-likeness (QED) is 0.803. The average molecular weight is 251 g/mol. The van der Waals surface area contributed by atoms with E-state index in [0.29, 0.717) is 30.8 Å². The van der Waals surface area contributed by atoms with Gasteiger partial charge in [0.1, 0.15) is 11.9 Å². The lowest BCUT2D eigenvalue weighted by Crippen LogP contribution is -2.42. The van der Waals surface area contributed by atoms with Crippen LogP contribution in [0.5, 0.6) is 0 Å². The third-order valence-corrected chi connectivity index (χ3v) is 3.25. The van der Waals surface area contributed by atoms with Crippen molar-refractivity contribution in [3.8, 4) is 0 Å². The van der Waals surface area contributed by atoms with Crippen molar-refractivity contribution in [1.82, 2.24) is 14.9 Å². The van der Waals surface area contributed by atoms with Crippen LogP contribution in [0.3, 0.4) is 0 Å². The fourth-order valence-corrected chi connectivity index (χ4v) is 2.04. The van der Waals surface area contributed by atoms with Gasteiger partial charge >= 0.3 is 0 Å². The molecule has 0 aromatic carbocycles. The zero-order chi connectivity index (χ0) is 13.1. The standard InChI is InChI=1S/C12H21N5O/c1-8(2)17-3-4-18-10(7-17)12-15-6-9(5-13)11(14)16-12/h6,8,10H,3-5,7,13H2,1-2H3,(H2,14,15,16). The lowest BCUT2D eigenvalue weighted by atomic mass is 10.2. The summed E-state index contributed by atoms with van der Waals surface area (Å²) in [5.74, 6) is 1.10. The Bertz CT molecular complexity index is 409. The van der Waals surface area contributed by atoms with Gasteiger partial charge in [-0.25, -0.2) is 9.97 Å². The summed E-state index contributed by atoms with van der Waals surface area (Å²) in [5, 5.41) is 0. The minimum absolute atomic E-state index is 0.102. The van der Waals surface area contributed by atoms with Crippen LogP contribution in [-0.4, -0.2) is 40.6 Å². The summed E-state index contributed by atoms with van der Waals surface area (Å²) in [7, 11) is 0. The number of nitrogen functional groups attached to an aromatic ring is 1. The lowest BCUT2D eigenvalue weighted by molar-refractivity contribution is -0.0442. The van der Waals surface area contributed by atoms with Crippen molar-refractivity contribution in [3.63, 3.8) is 0 Å². The van der Waals surface area contributed by atoms with Gasteiger partial charge in [0.25, 0.3) is 0 Å². The molecule has 1 fully saturated rings. The smallest absolute Gasteiger partial charge is 0.160 e. The highest BCUT2D eigenvalue weighted by atomic mass is 16.5. The number of hydrogen-bond donors (Lipinski definition) is 2. The van der Waals surface area contributed by atoms with Crippen molar-refractivity contribution >= 4 is 5.82 Å². The molecule has 1 unspecified atom stereocenters. The van der Waals surface area contributed by atoms with Crippen LogP contribution in [0, 0.1) is 0 Å². The van der Waals surface area contributed by atoms with Gasteiger partial charge < -0.3 is 16.2 Å². The number of rotatable bonds is 3. The number of hydrogen-bond acceptors (Lipinski definition) is 6. The molecule has 1 aromatic heterocycles. The fraction of sp³-hybridized carbons (Fsp3) is 0.667. The number of nitrogens with zero attached hydrogens (tertiary/aromatic N) is 3. The van der Waals surface area contributed by atoms with Crippen molar-refractivity contribution in [2.75, 3.05) is 25.4 Å². The van der Waals surface area contributed by atoms with Crippen LogP contribution in [0.25, 0.3) is 0 Å². The Morgan fingerprint density at radius 3 is 2.94 bits per heavy atom. The first-order valence-electron chi connectivity index (χ1n) is 6.28. The summed E-state index contributed by atoms with van der Waals surface area (Å²) in [6, 6.07) is 0.497. The minimum Gasteiger partial charge on any atom is -0.383 e. The Kier molecular flexibility index (Phi) is 4.11. The van der Waals surface area contributed by atoms with Crippen LogP contribution < -0.4 is 11.5 Å². The van der Waals surface area contributed by atoms with E-state index in [-0.39, 0.29) is 6.10 Å². The Hall–Kier alpha value is -1.24. The van der Waals surface area contributed by atoms with Crippen LogP contribution in [-0.2, 0) is 11.3 Å². The van der Waals surface area contributed by atoms with Gasteiger partial charge in [0.05, 0.1) is 6.61 Å². The molecule has 0 amide bonds. The molecule has 1 aromatic rings. The maximum absolute atomic E-state index is 5.83. The number of ether oxygens (including phenoxy) is 1. The molecule has 0 bridgehead atoms. The van der Waals surface area contributed by atoms with Gasteiger partial charge in [0.15, 0.2) is 5.82 Å². The van der Waals surface area contributed by atoms with Gasteiger partial charge in [0.2, 0.25) is 0 Å². The normalized spacial score (nSPS) is 21.4. The number of nitrogens with two attached hydrogens (primary N) is 2. The largest absolute Gasteiger partial charge is 0.383 e. The molecule has 18 heavy (non-hydrogen) atoms. The molecule has 4 N–H and O–H groups in total. The number of morpholine rings is 1. The van der Waals surface area contributed by atoms with Crippen LogP contribution in [0.4, 0.5) is 5.82 Å². The molecular weight excluding hydrogens is 230 g/mol. The highest BCUT2D eigenvalue weighted by molar-refractivity contribution is 5.37. The monoisotopic (exact) mass is 251 g/mol. The molecule has 1 aliphatic heterocycles. The van der Waals surface area contributed by atoms with Gasteiger partial charge in [-0.3, -0.25) is 4.90 Å². The topological polar surface area (TPSA) is 90.3 Å². The van der Waals surface area contributed by atoms with E-state index in [9.17, 15) is 0 Å². The van der Waals surface area contributed by atoms with Gasteiger partial charge in [-0.2, -0.15) is 0 Å². The van der Waals surface area contributed by atoms with Gasteiger partial charge in [0, 0.05) is 37.4 Å². The first-order valence-corrected chi connectivity index (χ1v) is 6.28. The summed E-state index contributed by atoms with van der Waals surface area (Å²) < 4.78 is 5.72. The second-order valence-corrected chi connectivity index (χ2v) is 4.79. The third-order valence-electron chi connectivity index (χ3n) is 3.25. The molecule has 2 rings (SSSR count). The fourth-order valence-electron chi connectivity index (χ4n) is 2.04. The minimum atomic E-state index is -0.102.